The van der Waals surface area contributed by atoms with Crippen molar-refractivity contribution >= 4 is 33.3 Å². The molecule has 0 saturated carbocycles. The molecule has 9 nitrogen and oxygen atoms in total. The summed E-state index contributed by atoms with van der Waals surface area (Å²) in [6, 6.07) is 21.6. The molecule has 3 aromatic rings. The monoisotopic (exact) mass is 576 g/mol. The molecule has 0 aromatic heterocycles. The van der Waals surface area contributed by atoms with E-state index in [4.69, 9.17) is 0 Å². The number of hydrogen-bond donors (Lipinski definition) is 3. The van der Waals surface area contributed by atoms with E-state index in [1.807, 2.05) is 67.6 Å². The van der Waals surface area contributed by atoms with Crippen LogP contribution in [0.4, 0.5) is 5.69 Å². The third-order valence-corrected chi connectivity index (χ3v) is 8.49. The van der Waals surface area contributed by atoms with Gasteiger partial charge >= 0.3 is 0 Å². The Morgan fingerprint density at radius 1 is 0.927 bits per heavy atom. The van der Waals surface area contributed by atoms with Gasteiger partial charge in [-0.1, -0.05) is 60.7 Å². The molecular weight excluding hydrogens is 540 g/mol. The lowest BCUT2D eigenvalue weighted by atomic mass is 9.96. The number of nitrogens with one attached hydrogen (secondary N) is 3. The van der Waals surface area contributed by atoms with Gasteiger partial charge < -0.3 is 16.0 Å². The van der Waals surface area contributed by atoms with Crippen molar-refractivity contribution in [2.45, 2.75) is 44.3 Å². The molecular formula is C31H36N4O5S. The summed E-state index contributed by atoms with van der Waals surface area (Å²) in [4.78, 5) is 40.3. The maximum atomic E-state index is 13.6. The summed E-state index contributed by atoms with van der Waals surface area (Å²) in [5.74, 6) is -1.16. The lowest BCUT2D eigenvalue weighted by Gasteiger charge is -2.23. The lowest BCUT2D eigenvalue weighted by Crippen LogP contribution is -2.49. The molecule has 1 heterocycles. The number of benzene rings is 3. The Morgan fingerprint density at radius 2 is 1.51 bits per heavy atom. The molecule has 1 saturated heterocycles. The first-order valence-electron chi connectivity index (χ1n) is 13.6. The zero-order valence-corrected chi connectivity index (χ0v) is 24.3. The van der Waals surface area contributed by atoms with E-state index >= 15 is 0 Å². The fraction of sp³-hybridized carbons (Fsp3) is 0.323. The van der Waals surface area contributed by atoms with Gasteiger partial charge in [-0.2, -0.15) is 0 Å². The molecule has 4 rings (SSSR count). The van der Waals surface area contributed by atoms with Crippen LogP contribution in [0.3, 0.4) is 0 Å². The van der Waals surface area contributed by atoms with E-state index in [9.17, 15) is 22.8 Å². The van der Waals surface area contributed by atoms with Gasteiger partial charge in [-0.3, -0.25) is 18.7 Å². The Labute approximate surface area is 241 Å². The molecule has 10 heteroatoms. The van der Waals surface area contributed by atoms with E-state index in [1.54, 1.807) is 0 Å². The fourth-order valence-corrected chi connectivity index (χ4v) is 5.32. The summed E-state index contributed by atoms with van der Waals surface area (Å²) < 4.78 is 25.7. The van der Waals surface area contributed by atoms with Crippen molar-refractivity contribution < 1.29 is 22.8 Å². The van der Waals surface area contributed by atoms with E-state index in [1.165, 1.54) is 25.2 Å². The van der Waals surface area contributed by atoms with Gasteiger partial charge in [-0.25, -0.2) is 8.42 Å². The number of carbonyl (C=O) groups is 3. The molecule has 1 aliphatic heterocycles. The number of anilines is 1. The van der Waals surface area contributed by atoms with Crippen molar-refractivity contribution in [2.75, 3.05) is 24.2 Å². The first-order valence-corrected chi connectivity index (χ1v) is 15.4. The molecule has 1 fully saturated rings. The first kappa shape index (κ1) is 30.0. The van der Waals surface area contributed by atoms with Crippen LogP contribution in [0.5, 0.6) is 0 Å². The molecule has 3 aromatic carbocycles. The highest BCUT2D eigenvalue weighted by Crippen LogP contribution is 2.22. The van der Waals surface area contributed by atoms with Crippen LogP contribution in [0.2, 0.25) is 0 Å². The zero-order chi connectivity index (χ0) is 29.6. The fourth-order valence-electron chi connectivity index (χ4n) is 4.84. The lowest BCUT2D eigenvalue weighted by molar-refractivity contribution is -0.122. The second-order valence-electron chi connectivity index (χ2n) is 10.4. The van der Waals surface area contributed by atoms with Crippen LogP contribution in [0.1, 0.15) is 57.7 Å². The van der Waals surface area contributed by atoms with Crippen LogP contribution in [0.15, 0.2) is 78.9 Å². The molecule has 3 N–H and O–H groups in total. The van der Waals surface area contributed by atoms with Gasteiger partial charge in [0.25, 0.3) is 11.8 Å². The number of carbonyl (C=O) groups excluding carboxylic acids is 3. The van der Waals surface area contributed by atoms with Gasteiger partial charge in [0.05, 0.1) is 30.1 Å². The molecule has 1 aliphatic rings. The highest BCUT2D eigenvalue weighted by atomic mass is 32.2. The average Bonchev–Trinajstić information content (AvgIpc) is 3.51. The minimum atomic E-state index is -3.69. The number of nitrogens with zero attached hydrogens (tertiary/aromatic N) is 1. The van der Waals surface area contributed by atoms with Crippen molar-refractivity contribution in [1.29, 1.82) is 0 Å². The number of sulfonamides is 1. The van der Waals surface area contributed by atoms with E-state index in [2.05, 4.69) is 16.0 Å². The smallest absolute Gasteiger partial charge is 0.251 e. The topological polar surface area (TPSA) is 125 Å². The molecule has 0 aliphatic carbocycles. The summed E-state index contributed by atoms with van der Waals surface area (Å²) >= 11 is 0. The third-order valence-electron chi connectivity index (χ3n) is 7.29. The van der Waals surface area contributed by atoms with Gasteiger partial charge in [-0.05, 0) is 62.1 Å². The van der Waals surface area contributed by atoms with Crippen LogP contribution in [-0.2, 0) is 21.2 Å². The molecule has 216 valence electrons. The van der Waals surface area contributed by atoms with E-state index in [0.29, 0.717) is 12.8 Å². The van der Waals surface area contributed by atoms with Crippen molar-refractivity contribution in [2.24, 2.45) is 0 Å². The van der Waals surface area contributed by atoms with Crippen molar-refractivity contribution in [3.05, 3.63) is 101 Å². The quantitative estimate of drug-likeness (QED) is 0.322. The van der Waals surface area contributed by atoms with E-state index in [-0.39, 0.29) is 34.7 Å². The van der Waals surface area contributed by atoms with Crippen molar-refractivity contribution in [3.63, 3.8) is 0 Å². The van der Waals surface area contributed by atoms with Crippen LogP contribution in [-0.4, -0.2) is 57.9 Å². The zero-order valence-electron chi connectivity index (χ0n) is 23.5. The van der Waals surface area contributed by atoms with Crippen molar-refractivity contribution in [3.8, 4) is 0 Å². The minimum absolute atomic E-state index is 0.0701. The first-order chi connectivity index (χ1) is 19.5. The molecule has 0 radical (unpaired) electrons. The predicted octanol–water partition coefficient (Wildman–Crippen LogP) is 3.24. The Morgan fingerprint density at radius 3 is 2.07 bits per heavy atom. The van der Waals surface area contributed by atoms with E-state index < -0.39 is 27.9 Å². The maximum Gasteiger partial charge on any atom is 0.251 e. The summed E-state index contributed by atoms with van der Waals surface area (Å²) in [5.41, 5.74) is 2.13. The molecule has 41 heavy (non-hydrogen) atoms. The predicted molar refractivity (Wildman–Crippen MR) is 159 cm³/mol. The number of amides is 2. The average molecular weight is 577 g/mol. The van der Waals surface area contributed by atoms with Gasteiger partial charge in [0.1, 0.15) is 0 Å². The van der Waals surface area contributed by atoms with Gasteiger partial charge in [0.2, 0.25) is 10.0 Å². The normalized spacial score (nSPS) is 16.4. The number of rotatable bonds is 11. The standard InChI is InChI=1S/C31H36N4O5S/c1-21(23-13-8-5-9-14-23)33-30(37)24-18-25(20-26(19-24)35(2)41(3,39)40)31(38)34-28(17-22-11-6-4-7-12-22)29(36)27-15-10-16-32-27/h4-9,11-14,18-21,27-28,32H,10,15-17H2,1-3H3,(H,33,37)(H,34,38). The largest absolute Gasteiger partial charge is 0.346 e. The SMILES string of the molecule is CC(NC(=O)c1cc(C(=O)NC(Cc2ccccc2)C(=O)C2CCCN2)cc(N(C)S(C)(=O)=O)c1)c1ccccc1. The van der Waals surface area contributed by atoms with Gasteiger partial charge in [0.15, 0.2) is 5.78 Å². The second-order valence-corrected chi connectivity index (χ2v) is 12.4. The molecule has 0 spiro atoms. The molecule has 2 amide bonds. The second kappa shape index (κ2) is 13.1. The van der Waals surface area contributed by atoms with Crippen molar-refractivity contribution in [1.82, 2.24) is 16.0 Å². The summed E-state index contributed by atoms with van der Waals surface area (Å²) in [6.45, 7) is 2.58. The van der Waals surface area contributed by atoms with Crippen LogP contribution >= 0.6 is 0 Å². The Bertz CT molecular complexity index is 1490. The summed E-state index contributed by atoms with van der Waals surface area (Å²) in [5, 5.41) is 8.98. The van der Waals surface area contributed by atoms with E-state index in [0.717, 1.165) is 34.7 Å². The maximum absolute atomic E-state index is 13.6. The minimum Gasteiger partial charge on any atom is -0.346 e. The Balaban J connectivity index is 1.64. The Kier molecular flexibility index (Phi) is 9.57. The highest BCUT2D eigenvalue weighted by Gasteiger charge is 2.31. The molecule has 0 bridgehead atoms. The Hall–Kier alpha value is -4.02. The number of Topliss-reactive ketones (excluding diaryl/α,β-unsaturated/α-hetero) is 1. The van der Waals surface area contributed by atoms with Crippen LogP contribution in [0.25, 0.3) is 0 Å². The van der Waals surface area contributed by atoms with Gasteiger partial charge in [-0.15, -0.1) is 0 Å². The number of ketones is 1. The molecule has 3 atom stereocenters. The molecule has 3 unspecified atom stereocenters. The highest BCUT2D eigenvalue weighted by molar-refractivity contribution is 7.92. The summed E-state index contributed by atoms with van der Waals surface area (Å²) in [6.07, 6.45) is 2.91. The van der Waals surface area contributed by atoms with Crippen LogP contribution < -0.4 is 20.3 Å². The third kappa shape index (κ3) is 7.80. The van der Waals surface area contributed by atoms with Gasteiger partial charge in [0, 0.05) is 18.2 Å². The van der Waals surface area contributed by atoms with Crippen LogP contribution in [0, 0.1) is 0 Å². The summed E-state index contributed by atoms with van der Waals surface area (Å²) in [7, 11) is -2.33. The number of hydrogen-bond acceptors (Lipinski definition) is 6.